The van der Waals surface area contributed by atoms with Crippen molar-refractivity contribution in [1.82, 2.24) is 18.8 Å². The molecule has 0 N–H and O–H groups in total. The topological polar surface area (TPSA) is 75.5 Å². The maximum absolute atomic E-state index is 13.6. The van der Waals surface area contributed by atoms with Crippen molar-refractivity contribution in [2.45, 2.75) is 49.7 Å². The van der Waals surface area contributed by atoms with Crippen molar-refractivity contribution in [3.8, 4) is 0 Å². The number of aromatic nitrogens is 2. The minimum atomic E-state index is -4.72. The number of imidazole rings is 1. The van der Waals surface area contributed by atoms with E-state index in [1.807, 2.05) is 0 Å². The number of sulfonamides is 1. The molecule has 1 aromatic heterocycles. The number of amides is 1. The van der Waals surface area contributed by atoms with Crippen LogP contribution < -0.4 is 0 Å². The molecule has 11 heteroatoms. The Bertz CT molecular complexity index is 1050. The molecule has 4 rings (SSSR count). The van der Waals surface area contributed by atoms with Crippen molar-refractivity contribution in [1.29, 1.82) is 0 Å². The molecule has 2 fully saturated rings. The number of carbonyl (C=O) groups excluding carboxylic acids is 1. The van der Waals surface area contributed by atoms with Gasteiger partial charge in [0, 0.05) is 39.1 Å². The van der Waals surface area contributed by atoms with Crippen LogP contribution in [0.25, 0.3) is 11.0 Å². The van der Waals surface area contributed by atoms with Crippen LogP contribution in [-0.4, -0.2) is 59.3 Å². The van der Waals surface area contributed by atoms with Crippen LogP contribution in [0.15, 0.2) is 23.1 Å². The smallest absolute Gasteiger partial charge is 0.343 e. The SMILES string of the molecule is O=C(CCn1c(C(F)(F)F)nc2cc(S(=O)(=O)N3CCCC3)ccc21)N1CCCC1. The summed E-state index contributed by atoms with van der Waals surface area (Å²) in [5, 5.41) is 0. The van der Waals surface area contributed by atoms with Gasteiger partial charge < -0.3 is 9.47 Å². The Morgan fingerprint density at radius 1 is 1.03 bits per heavy atom. The maximum atomic E-state index is 13.6. The van der Waals surface area contributed by atoms with E-state index < -0.39 is 22.0 Å². The second-order valence-electron chi connectivity index (χ2n) is 7.68. The number of benzene rings is 1. The summed E-state index contributed by atoms with van der Waals surface area (Å²) >= 11 is 0. The Hall–Kier alpha value is -2.14. The highest BCUT2D eigenvalue weighted by atomic mass is 32.2. The van der Waals surface area contributed by atoms with Crippen molar-refractivity contribution in [3.63, 3.8) is 0 Å². The summed E-state index contributed by atoms with van der Waals surface area (Å²) in [5.74, 6) is -1.31. The highest BCUT2D eigenvalue weighted by Gasteiger charge is 2.38. The van der Waals surface area contributed by atoms with Gasteiger partial charge in [-0.05, 0) is 43.9 Å². The van der Waals surface area contributed by atoms with Gasteiger partial charge >= 0.3 is 6.18 Å². The van der Waals surface area contributed by atoms with Crippen molar-refractivity contribution >= 4 is 27.0 Å². The maximum Gasteiger partial charge on any atom is 0.449 e. The Morgan fingerprint density at radius 2 is 1.67 bits per heavy atom. The van der Waals surface area contributed by atoms with Crippen LogP contribution in [0.5, 0.6) is 0 Å². The van der Waals surface area contributed by atoms with E-state index >= 15 is 0 Å². The zero-order valence-electron chi connectivity index (χ0n) is 16.4. The molecule has 0 aliphatic carbocycles. The second-order valence-corrected chi connectivity index (χ2v) is 9.62. The van der Waals surface area contributed by atoms with Gasteiger partial charge in [0.2, 0.25) is 21.8 Å². The number of alkyl halides is 3. The van der Waals surface area contributed by atoms with Crippen LogP contribution in [-0.2, 0) is 27.5 Å². The summed E-state index contributed by atoms with van der Waals surface area (Å²) < 4.78 is 68.6. The predicted molar refractivity (Wildman–Crippen MR) is 103 cm³/mol. The van der Waals surface area contributed by atoms with Crippen LogP contribution in [0.1, 0.15) is 37.9 Å². The average molecular weight is 444 g/mol. The first-order valence-corrected chi connectivity index (χ1v) is 11.5. The fourth-order valence-corrected chi connectivity index (χ4v) is 5.66. The van der Waals surface area contributed by atoms with Crippen LogP contribution in [0, 0.1) is 0 Å². The number of likely N-dealkylation sites (tertiary alicyclic amines) is 1. The van der Waals surface area contributed by atoms with Gasteiger partial charge in [-0.25, -0.2) is 13.4 Å². The zero-order chi connectivity index (χ0) is 21.5. The minimum Gasteiger partial charge on any atom is -0.343 e. The van der Waals surface area contributed by atoms with Gasteiger partial charge in [0.15, 0.2) is 0 Å². The van der Waals surface area contributed by atoms with E-state index in [4.69, 9.17) is 0 Å². The molecule has 0 saturated carbocycles. The van der Waals surface area contributed by atoms with Gasteiger partial charge in [-0.15, -0.1) is 0 Å². The summed E-state index contributed by atoms with van der Waals surface area (Å²) in [6.45, 7) is 1.90. The highest BCUT2D eigenvalue weighted by Crippen LogP contribution is 2.33. The molecule has 2 aliphatic rings. The lowest BCUT2D eigenvalue weighted by Gasteiger charge is -2.17. The van der Waals surface area contributed by atoms with Crippen molar-refractivity contribution in [2.24, 2.45) is 0 Å². The normalized spacial score (nSPS) is 18.6. The molecule has 2 aromatic rings. The Labute approximate surface area is 172 Å². The molecule has 2 saturated heterocycles. The van der Waals surface area contributed by atoms with Gasteiger partial charge in [-0.3, -0.25) is 4.79 Å². The summed E-state index contributed by atoms with van der Waals surface area (Å²) in [4.78, 5) is 17.6. The first kappa shape index (κ1) is 21.1. The van der Waals surface area contributed by atoms with Crippen LogP contribution in [0.3, 0.4) is 0 Å². The Morgan fingerprint density at radius 3 is 2.30 bits per heavy atom. The fourth-order valence-electron chi connectivity index (χ4n) is 4.12. The molecule has 164 valence electrons. The first-order chi connectivity index (χ1) is 14.2. The Balaban J connectivity index is 1.67. The molecule has 1 aromatic carbocycles. The number of rotatable bonds is 5. The summed E-state index contributed by atoms with van der Waals surface area (Å²) in [6, 6.07) is 3.86. The standard InChI is InChI=1S/C19H23F3N4O3S/c20-19(21,22)18-23-15-13-14(30(28,29)25-10-3-4-11-25)5-6-16(15)26(18)12-7-17(27)24-8-1-2-9-24/h5-6,13H,1-4,7-12H2. The van der Waals surface area contributed by atoms with Crippen molar-refractivity contribution in [3.05, 3.63) is 24.0 Å². The van der Waals surface area contributed by atoms with E-state index in [1.165, 1.54) is 22.5 Å². The quantitative estimate of drug-likeness (QED) is 0.711. The first-order valence-electron chi connectivity index (χ1n) is 10.0. The molecular weight excluding hydrogens is 421 g/mol. The molecule has 30 heavy (non-hydrogen) atoms. The lowest BCUT2D eigenvalue weighted by atomic mass is 10.3. The van der Waals surface area contributed by atoms with E-state index in [1.54, 1.807) is 4.90 Å². The molecule has 0 atom stereocenters. The van der Waals surface area contributed by atoms with Gasteiger partial charge in [0.25, 0.3) is 0 Å². The number of hydrogen-bond acceptors (Lipinski definition) is 4. The number of aryl methyl sites for hydroxylation is 1. The summed E-state index contributed by atoms with van der Waals surface area (Å²) in [5.41, 5.74) is 0.119. The molecule has 1 amide bonds. The third-order valence-electron chi connectivity index (χ3n) is 5.68. The lowest BCUT2D eigenvalue weighted by Crippen LogP contribution is -2.29. The predicted octanol–water partition coefficient (Wildman–Crippen LogP) is 2.85. The molecule has 0 spiro atoms. The molecule has 3 heterocycles. The largest absolute Gasteiger partial charge is 0.449 e. The number of fused-ring (bicyclic) bond motifs is 1. The van der Waals surface area contributed by atoms with Crippen LogP contribution in [0.4, 0.5) is 13.2 Å². The van der Waals surface area contributed by atoms with Gasteiger partial charge in [0.1, 0.15) is 0 Å². The average Bonchev–Trinajstić information content (AvgIpc) is 3.46. The van der Waals surface area contributed by atoms with E-state index in [2.05, 4.69) is 4.98 Å². The van der Waals surface area contributed by atoms with Crippen molar-refractivity contribution in [2.75, 3.05) is 26.2 Å². The molecule has 0 unspecified atom stereocenters. The van der Waals surface area contributed by atoms with Crippen LogP contribution in [0.2, 0.25) is 0 Å². The van der Waals surface area contributed by atoms with Gasteiger partial charge in [0.05, 0.1) is 15.9 Å². The molecule has 7 nitrogen and oxygen atoms in total. The monoisotopic (exact) mass is 444 g/mol. The Kier molecular flexibility index (Phi) is 5.52. The van der Waals surface area contributed by atoms with Gasteiger partial charge in [-0.2, -0.15) is 17.5 Å². The number of nitrogens with zero attached hydrogens (tertiary/aromatic N) is 4. The number of halogens is 3. The molecule has 0 radical (unpaired) electrons. The lowest BCUT2D eigenvalue weighted by molar-refractivity contribution is -0.147. The fraction of sp³-hybridized carbons (Fsp3) is 0.579. The van der Waals surface area contributed by atoms with E-state index in [0.717, 1.165) is 30.3 Å². The van der Waals surface area contributed by atoms with Crippen molar-refractivity contribution < 1.29 is 26.4 Å². The highest BCUT2D eigenvalue weighted by molar-refractivity contribution is 7.89. The van der Waals surface area contributed by atoms with E-state index in [9.17, 15) is 26.4 Å². The molecular formula is C19H23F3N4O3S. The molecule has 0 bridgehead atoms. The minimum absolute atomic E-state index is 0.0452. The third kappa shape index (κ3) is 3.92. The second kappa shape index (κ2) is 7.84. The number of carbonyl (C=O) groups is 1. The number of hydrogen-bond donors (Lipinski definition) is 0. The summed E-state index contributed by atoms with van der Waals surface area (Å²) in [7, 11) is -3.76. The van der Waals surface area contributed by atoms with E-state index in [0.29, 0.717) is 26.2 Å². The van der Waals surface area contributed by atoms with Crippen LogP contribution >= 0.6 is 0 Å². The third-order valence-corrected chi connectivity index (χ3v) is 7.58. The zero-order valence-corrected chi connectivity index (χ0v) is 17.2. The summed E-state index contributed by atoms with van der Waals surface area (Å²) in [6.07, 6.45) is -1.45. The van der Waals surface area contributed by atoms with E-state index in [-0.39, 0.29) is 34.8 Å². The van der Waals surface area contributed by atoms with Gasteiger partial charge in [-0.1, -0.05) is 0 Å². The molecule has 2 aliphatic heterocycles.